The van der Waals surface area contributed by atoms with E-state index in [9.17, 15) is 9.18 Å². The molecule has 0 radical (unpaired) electrons. The van der Waals surface area contributed by atoms with E-state index < -0.39 is 0 Å². The molecule has 4 rings (SSSR count). The lowest BCUT2D eigenvalue weighted by Gasteiger charge is -2.36. The number of hydrogen-bond acceptors (Lipinski definition) is 4. The number of halogens is 1. The van der Waals surface area contributed by atoms with Gasteiger partial charge in [0.2, 0.25) is 0 Å². The number of anilines is 1. The third-order valence-electron chi connectivity index (χ3n) is 5.60. The zero-order chi connectivity index (χ0) is 20.9. The lowest BCUT2D eigenvalue weighted by molar-refractivity contribution is 0.0947. The summed E-state index contributed by atoms with van der Waals surface area (Å²) in [4.78, 5) is 16.9. The molecule has 1 aliphatic heterocycles. The van der Waals surface area contributed by atoms with Crippen molar-refractivity contribution in [2.75, 3.05) is 51.3 Å². The molecular formula is C24H26FN3O2. The van der Waals surface area contributed by atoms with Gasteiger partial charge in [0.05, 0.1) is 7.11 Å². The summed E-state index contributed by atoms with van der Waals surface area (Å²) in [5, 5.41) is 5.33. The Kier molecular flexibility index (Phi) is 6.14. The largest absolute Gasteiger partial charge is 0.497 e. The van der Waals surface area contributed by atoms with E-state index in [0.29, 0.717) is 12.1 Å². The number of carbonyl (C=O) groups is 1. The first-order valence-electron chi connectivity index (χ1n) is 10.2. The summed E-state index contributed by atoms with van der Waals surface area (Å²) >= 11 is 0. The Balaban J connectivity index is 1.30. The van der Waals surface area contributed by atoms with Crippen molar-refractivity contribution in [1.82, 2.24) is 10.2 Å². The molecule has 1 aliphatic rings. The molecule has 0 saturated carbocycles. The van der Waals surface area contributed by atoms with Crippen LogP contribution in [0.15, 0.2) is 60.7 Å². The van der Waals surface area contributed by atoms with Crippen LogP contribution in [0.2, 0.25) is 0 Å². The molecule has 0 unspecified atom stereocenters. The fourth-order valence-corrected chi connectivity index (χ4v) is 3.88. The molecule has 5 nitrogen and oxygen atoms in total. The maximum atomic E-state index is 13.0. The first-order valence-corrected chi connectivity index (χ1v) is 10.2. The normalized spacial score (nSPS) is 14.7. The predicted octanol–water partition coefficient (Wildman–Crippen LogP) is 3.54. The average Bonchev–Trinajstić information content (AvgIpc) is 2.79. The molecule has 1 fully saturated rings. The van der Waals surface area contributed by atoms with E-state index in [0.717, 1.165) is 38.5 Å². The Bertz CT molecular complexity index is 1010. The average molecular weight is 406 g/mol. The smallest absolute Gasteiger partial charge is 0.251 e. The number of fused-ring (bicyclic) bond motifs is 1. The Morgan fingerprint density at radius 3 is 2.53 bits per heavy atom. The number of hydrogen-bond donors (Lipinski definition) is 1. The minimum absolute atomic E-state index is 0.168. The van der Waals surface area contributed by atoms with Crippen molar-refractivity contribution >= 4 is 22.4 Å². The number of ether oxygens (including phenoxy) is 1. The van der Waals surface area contributed by atoms with Crippen LogP contribution in [0.3, 0.4) is 0 Å². The van der Waals surface area contributed by atoms with E-state index in [1.807, 2.05) is 6.07 Å². The zero-order valence-electron chi connectivity index (χ0n) is 17.1. The van der Waals surface area contributed by atoms with E-state index in [2.05, 4.69) is 45.4 Å². The highest BCUT2D eigenvalue weighted by Crippen LogP contribution is 2.30. The van der Waals surface area contributed by atoms with E-state index in [1.54, 1.807) is 7.11 Å². The second kappa shape index (κ2) is 9.13. The van der Waals surface area contributed by atoms with Crippen molar-refractivity contribution < 1.29 is 13.9 Å². The highest BCUT2D eigenvalue weighted by Gasteiger charge is 2.19. The molecule has 0 aromatic heterocycles. The fraction of sp³-hybridized carbons (Fsp3) is 0.292. The number of nitrogens with one attached hydrogen (secondary N) is 1. The van der Waals surface area contributed by atoms with E-state index in [-0.39, 0.29) is 11.7 Å². The molecule has 0 bridgehead atoms. The molecule has 0 aliphatic carbocycles. The monoisotopic (exact) mass is 406 g/mol. The van der Waals surface area contributed by atoms with Crippen molar-refractivity contribution in [1.29, 1.82) is 0 Å². The van der Waals surface area contributed by atoms with Gasteiger partial charge in [0.25, 0.3) is 5.91 Å². The molecule has 156 valence electrons. The van der Waals surface area contributed by atoms with Gasteiger partial charge in [0.1, 0.15) is 11.6 Å². The summed E-state index contributed by atoms with van der Waals surface area (Å²) in [5.41, 5.74) is 1.71. The van der Waals surface area contributed by atoms with Gasteiger partial charge in [0, 0.05) is 55.9 Å². The Hall–Kier alpha value is -3.12. The van der Waals surface area contributed by atoms with Gasteiger partial charge in [-0.25, -0.2) is 4.39 Å². The maximum absolute atomic E-state index is 13.0. The molecule has 1 N–H and O–H groups in total. The summed E-state index contributed by atoms with van der Waals surface area (Å²) in [6.07, 6.45) is 0. The number of methoxy groups -OCH3 is 1. The van der Waals surface area contributed by atoms with Crippen molar-refractivity contribution in [2.45, 2.75) is 0 Å². The summed E-state index contributed by atoms with van der Waals surface area (Å²) < 4.78 is 18.4. The Morgan fingerprint density at radius 1 is 1.03 bits per heavy atom. The molecular weight excluding hydrogens is 380 g/mol. The minimum Gasteiger partial charge on any atom is -0.497 e. The fourth-order valence-electron chi connectivity index (χ4n) is 3.88. The highest BCUT2D eigenvalue weighted by molar-refractivity contribution is 5.95. The highest BCUT2D eigenvalue weighted by atomic mass is 19.1. The summed E-state index contributed by atoms with van der Waals surface area (Å²) in [7, 11) is 1.69. The SMILES string of the molecule is COc1ccc2cccc(N3CCN(CCN[11C](=O)c4ccc(F)cc4)CC3)c2c1. The first kappa shape index (κ1) is 20.2. The number of benzene rings is 3. The topological polar surface area (TPSA) is 44.8 Å². The van der Waals surface area contributed by atoms with Crippen molar-refractivity contribution in [2.24, 2.45) is 0 Å². The Morgan fingerprint density at radius 2 is 1.80 bits per heavy atom. The number of nitrogens with zero attached hydrogens (tertiary/aromatic N) is 2. The van der Waals surface area contributed by atoms with Gasteiger partial charge < -0.3 is 15.0 Å². The van der Waals surface area contributed by atoms with E-state index >= 15 is 0 Å². The lowest BCUT2D eigenvalue weighted by atomic mass is 9.89. The van der Waals surface area contributed by atoms with Crippen LogP contribution >= 0.6 is 0 Å². The van der Waals surface area contributed by atoms with E-state index in [1.165, 1.54) is 40.7 Å². The molecule has 30 heavy (non-hydrogen) atoms. The van der Waals surface area contributed by atoms with Gasteiger partial charge in [0.15, 0.2) is 0 Å². The first-order chi connectivity index (χ1) is 14.6. The second-order valence-corrected chi connectivity index (χ2v) is 7.46. The minimum atomic E-state index is -0.339. The van der Waals surface area contributed by atoms with Crippen LogP contribution in [0.5, 0.6) is 5.75 Å². The molecule has 0 atom stereocenters. The number of carbonyl (C=O) groups excluding carboxylic acids is 1. The van der Waals surface area contributed by atoms with Gasteiger partial charge in [-0.1, -0.05) is 18.2 Å². The van der Waals surface area contributed by atoms with Gasteiger partial charge in [-0.3, -0.25) is 9.69 Å². The van der Waals surface area contributed by atoms with Gasteiger partial charge in [-0.2, -0.15) is 0 Å². The van der Waals surface area contributed by atoms with E-state index in [4.69, 9.17) is 4.74 Å². The van der Waals surface area contributed by atoms with Crippen molar-refractivity contribution in [3.63, 3.8) is 0 Å². The van der Waals surface area contributed by atoms with Crippen LogP contribution in [0.1, 0.15) is 10.4 Å². The van der Waals surface area contributed by atoms with Gasteiger partial charge in [-0.15, -0.1) is 0 Å². The standard InChI is InChI=1S/C24H26FN3O2/c1-30-21-10-7-18-3-2-4-23(22(18)17-21)28-15-13-27(14-16-28)12-11-26-24(29)19-5-8-20(25)9-6-19/h2-10,17H,11-16H2,1H3,(H,26,29)/i24-1. The molecule has 1 saturated heterocycles. The summed E-state index contributed by atoms with van der Waals surface area (Å²) in [6.45, 7) is 5.11. The third-order valence-corrected chi connectivity index (χ3v) is 5.60. The van der Waals surface area contributed by atoms with Crippen LogP contribution < -0.4 is 15.0 Å². The molecule has 3 aromatic carbocycles. The van der Waals surface area contributed by atoms with Gasteiger partial charge in [-0.05, 0) is 47.9 Å². The molecule has 0 spiro atoms. The van der Waals surface area contributed by atoms with Crippen LogP contribution in [0.25, 0.3) is 10.8 Å². The molecule has 1 amide bonds. The number of piperazine rings is 1. The van der Waals surface area contributed by atoms with Crippen LogP contribution in [-0.4, -0.2) is 57.2 Å². The Labute approximate surface area is 176 Å². The zero-order valence-corrected chi connectivity index (χ0v) is 17.1. The van der Waals surface area contributed by atoms with Crippen molar-refractivity contribution in [3.8, 4) is 5.75 Å². The quantitative estimate of drug-likeness (QED) is 0.680. The molecule has 1 heterocycles. The molecule has 3 aromatic rings. The number of rotatable bonds is 6. The van der Waals surface area contributed by atoms with Crippen LogP contribution in [-0.2, 0) is 0 Å². The third kappa shape index (κ3) is 4.54. The lowest BCUT2D eigenvalue weighted by Crippen LogP contribution is -2.48. The second-order valence-electron chi connectivity index (χ2n) is 7.46. The van der Waals surface area contributed by atoms with Crippen LogP contribution in [0, 0.1) is 5.82 Å². The van der Waals surface area contributed by atoms with Crippen molar-refractivity contribution in [3.05, 3.63) is 72.0 Å². The maximum Gasteiger partial charge on any atom is 0.251 e. The number of amides is 1. The van der Waals surface area contributed by atoms with Crippen LogP contribution in [0.4, 0.5) is 10.1 Å². The summed E-state index contributed by atoms with van der Waals surface area (Å²) in [6, 6.07) is 18.2. The molecule has 6 heteroatoms. The van der Waals surface area contributed by atoms with Gasteiger partial charge >= 0.3 is 0 Å². The predicted molar refractivity (Wildman–Crippen MR) is 118 cm³/mol. The summed E-state index contributed by atoms with van der Waals surface area (Å²) in [5.74, 6) is 0.359.